The zero-order valence-electron chi connectivity index (χ0n) is 13.1. The van der Waals surface area contributed by atoms with Crippen molar-refractivity contribution >= 4 is 17.4 Å². The summed E-state index contributed by atoms with van der Waals surface area (Å²) in [6, 6.07) is 18.8. The van der Waals surface area contributed by atoms with Gasteiger partial charge in [0.05, 0.1) is 10.9 Å². The number of benzene rings is 2. The molecule has 0 bridgehead atoms. The molecule has 0 spiro atoms. The average Bonchev–Trinajstić information content (AvgIpc) is 2.57. The van der Waals surface area contributed by atoms with Gasteiger partial charge < -0.3 is 4.74 Å². The van der Waals surface area contributed by atoms with Gasteiger partial charge in [0.25, 0.3) is 0 Å². The van der Waals surface area contributed by atoms with Crippen LogP contribution in [0.3, 0.4) is 0 Å². The number of Topliss-reactive ketones (excluding diaryl/α,β-unsaturated/α-hetero) is 1. The van der Waals surface area contributed by atoms with E-state index in [1.54, 1.807) is 25.4 Å². The van der Waals surface area contributed by atoms with Crippen LogP contribution < -0.4 is 4.74 Å². The van der Waals surface area contributed by atoms with E-state index in [0.29, 0.717) is 5.02 Å². The van der Waals surface area contributed by atoms with Crippen LogP contribution in [-0.2, 0) is 4.79 Å². The van der Waals surface area contributed by atoms with E-state index in [-0.39, 0.29) is 11.7 Å². The van der Waals surface area contributed by atoms with Gasteiger partial charge in [0.15, 0.2) is 0 Å². The Kier molecular flexibility index (Phi) is 4.92. The molecule has 0 saturated carbocycles. The average molecular weight is 338 g/mol. The molecule has 24 heavy (non-hydrogen) atoms. The molecule has 1 atom stereocenters. The first-order valence-corrected chi connectivity index (χ1v) is 7.95. The van der Waals surface area contributed by atoms with Gasteiger partial charge in [-0.15, -0.1) is 0 Å². The Balaban J connectivity index is 1.86. The number of para-hydroxylation sites is 1. The van der Waals surface area contributed by atoms with E-state index >= 15 is 0 Å². The van der Waals surface area contributed by atoms with Crippen LogP contribution in [0.25, 0.3) is 0 Å². The van der Waals surface area contributed by atoms with Gasteiger partial charge in [-0.1, -0.05) is 41.9 Å². The van der Waals surface area contributed by atoms with Crippen molar-refractivity contribution in [2.45, 2.75) is 12.8 Å². The van der Waals surface area contributed by atoms with Gasteiger partial charge in [0.2, 0.25) is 0 Å². The topological polar surface area (TPSA) is 39.2 Å². The number of ether oxygens (including phenoxy) is 1. The van der Waals surface area contributed by atoms with E-state index in [1.165, 1.54) is 0 Å². The van der Waals surface area contributed by atoms with Gasteiger partial charge in [-0.3, -0.25) is 9.78 Å². The second-order valence-corrected chi connectivity index (χ2v) is 5.90. The van der Waals surface area contributed by atoms with Crippen molar-refractivity contribution in [3.8, 4) is 11.5 Å². The number of ketones is 1. The summed E-state index contributed by atoms with van der Waals surface area (Å²) in [7, 11) is 0. The number of halogens is 1. The van der Waals surface area contributed by atoms with Crippen molar-refractivity contribution in [3.05, 3.63) is 89.2 Å². The second kappa shape index (κ2) is 7.28. The number of pyridine rings is 1. The molecular weight excluding hydrogens is 322 g/mol. The van der Waals surface area contributed by atoms with Crippen LogP contribution in [0.2, 0.25) is 5.02 Å². The first-order valence-electron chi connectivity index (χ1n) is 7.57. The minimum atomic E-state index is -0.387. The van der Waals surface area contributed by atoms with Crippen LogP contribution in [0.1, 0.15) is 24.0 Å². The lowest BCUT2D eigenvalue weighted by Crippen LogP contribution is -2.10. The second-order valence-electron chi connectivity index (χ2n) is 5.46. The van der Waals surface area contributed by atoms with Crippen LogP contribution in [0.4, 0.5) is 0 Å². The lowest BCUT2D eigenvalue weighted by atomic mass is 9.89. The molecule has 0 fully saturated rings. The normalized spacial score (nSPS) is 11.8. The lowest BCUT2D eigenvalue weighted by molar-refractivity contribution is -0.117. The molecule has 0 aliphatic heterocycles. The van der Waals surface area contributed by atoms with Crippen molar-refractivity contribution in [3.63, 3.8) is 0 Å². The van der Waals surface area contributed by atoms with Gasteiger partial charge in [-0.05, 0) is 48.4 Å². The van der Waals surface area contributed by atoms with E-state index in [0.717, 1.165) is 22.6 Å². The van der Waals surface area contributed by atoms with E-state index in [2.05, 4.69) is 4.98 Å². The molecule has 1 unspecified atom stereocenters. The minimum Gasteiger partial charge on any atom is -0.457 e. The predicted octanol–water partition coefficient (Wildman–Crippen LogP) is 5.25. The van der Waals surface area contributed by atoms with Crippen molar-refractivity contribution in [2.75, 3.05) is 0 Å². The highest BCUT2D eigenvalue weighted by Crippen LogP contribution is 2.29. The Morgan fingerprint density at radius 1 is 0.958 bits per heavy atom. The molecule has 0 saturated heterocycles. The monoisotopic (exact) mass is 337 g/mol. The first kappa shape index (κ1) is 16.2. The summed E-state index contributed by atoms with van der Waals surface area (Å²) in [5.41, 5.74) is 1.67. The molecule has 120 valence electrons. The fourth-order valence-electron chi connectivity index (χ4n) is 2.60. The predicted molar refractivity (Wildman–Crippen MR) is 94.7 cm³/mol. The lowest BCUT2D eigenvalue weighted by Gasteiger charge is -2.15. The number of hydrogen-bond donors (Lipinski definition) is 0. The van der Waals surface area contributed by atoms with Gasteiger partial charge in [-0.2, -0.15) is 0 Å². The van der Waals surface area contributed by atoms with Gasteiger partial charge in [0, 0.05) is 12.4 Å². The quantitative estimate of drug-likeness (QED) is 0.638. The standard InChI is InChI=1S/C20H16ClNO2/c1-14(23)20(16-11-17(21)13-22-12-16)15-7-9-19(10-8-15)24-18-5-3-2-4-6-18/h2-13,20H,1H3. The molecule has 1 aromatic heterocycles. The number of carbonyl (C=O) groups is 1. The molecule has 0 aliphatic carbocycles. The summed E-state index contributed by atoms with van der Waals surface area (Å²) in [5, 5.41) is 0.516. The highest BCUT2D eigenvalue weighted by atomic mass is 35.5. The van der Waals surface area contributed by atoms with Crippen molar-refractivity contribution < 1.29 is 9.53 Å². The number of nitrogens with zero attached hydrogens (tertiary/aromatic N) is 1. The molecule has 0 amide bonds. The molecule has 3 nitrogen and oxygen atoms in total. The summed E-state index contributed by atoms with van der Waals surface area (Å²) in [6.07, 6.45) is 3.23. The Morgan fingerprint density at radius 2 is 1.62 bits per heavy atom. The smallest absolute Gasteiger partial charge is 0.141 e. The first-order chi connectivity index (χ1) is 11.6. The van der Waals surface area contributed by atoms with Crippen LogP contribution in [0.5, 0.6) is 11.5 Å². The summed E-state index contributed by atoms with van der Waals surface area (Å²) in [4.78, 5) is 16.2. The summed E-state index contributed by atoms with van der Waals surface area (Å²) in [6.45, 7) is 1.57. The van der Waals surface area contributed by atoms with Gasteiger partial charge >= 0.3 is 0 Å². The minimum absolute atomic E-state index is 0.0378. The third kappa shape index (κ3) is 3.81. The fourth-order valence-corrected chi connectivity index (χ4v) is 2.78. The zero-order valence-corrected chi connectivity index (χ0v) is 13.9. The maximum atomic E-state index is 12.1. The SMILES string of the molecule is CC(=O)C(c1ccc(Oc2ccccc2)cc1)c1cncc(Cl)c1. The molecule has 3 rings (SSSR count). The van der Waals surface area contributed by atoms with Crippen molar-refractivity contribution in [1.29, 1.82) is 0 Å². The third-order valence-electron chi connectivity index (χ3n) is 3.66. The summed E-state index contributed by atoms with van der Waals surface area (Å²) >= 11 is 6.00. The Labute approximate surface area is 145 Å². The van der Waals surface area contributed by atoms with Crippen LogP contribution in [0.15, 0.2) is 73.1 Å². The number of rotatable bonds is 5. The van der Waals surface area contributed by atoms with Crippen LogP contribution in [-0.4, -0.2) is 10.8 Å². The molecule has 0 N–H and O–H groups in total. The third-order valence-corrected chi connectivity index (χ3v) is 3.86. The maximum absolute atomic E-state index is 12.1. The van der Waals surface area contributed by atoms with Gasteiger partial charge in [-0.25, -0.2) is 0 Å². The van der Waals surface area contributed by atoms with E-state index in [9.17, 15) is 4.79 Å². The van der Waals surface area contributed by atoms with E-state index in [1.807, 2.05) is 54.6 Å². The molecule has 0 radical (unpaired) electrons. The zero-order chi connectivity index (χ0) is 16.9. The molecule has 3 aromatic rings. The van der Waals surface area contributed by atoms with Crippen LogP contribution in [0, 0.1) is 0 Å². The number of carbonyl (C=O) groups excluding carboxylic acids is 1. The summed E-state index contributed by atoms with van der Waals surface area (Å²) in [5.74, 6) is 1.14. The summed E-state index contributed by atoms with van der Waals surface area (Å²) < 4.78 is 5.78. The van der Waals surface area contributed by atoms with Crippen molar-refractivity contribution in [2.24, 2.45) is 0 Å². The van der Waals surface area contributed by atoms with E-state index < -0.39 is 0 Å². The molecular formula is C20H16ClNO2. The molecule has 4 heteroatoms. The maximum Gasteiger partial charge on any atom is 0.141 e. The highest BCUT2D eigenvalue weighted by molar-refractivity contribution is 6.30. The van der Waals surface area contributed by atoms with Crippen LogP contribution >= 0.6 is 11.6 Å². The Hall–Kier alpha value is -2.65. The fraction of sp³-hybridized carbons (Fsp3) is 0.100. The largest absolute Gasteiger partial charge is 0.457 e. The Bertz CT molecular complexity index is 832. The number of aromatic nitrogens is 1. The Morgan fingerprint density at radius 3 is 2.25 bits per heavy atom. The van der Waals surface area contributed by atoms with E-state index in [4.69, 9.17) is 16.3 Å². The molecule has 0 aliphatic rings. The molecule has 2 aromatic carbocycles. The highest BCUT2D eigenvalue weighted by Gasteiger charge is 2.20. The molecule has 1 heterocycles. The number of hydrogen-bond acceptors (Lipinski definition) is 3. The van der Waals surface area contributed by atoms with Gasteiger partial charge in [0.1, 0.15) is 17.3 Å². The van der Waals surface area contributed by atoms with Crippen molar-refractivity contribution in [1.82, 2.24) is 4.98 Å².